The van der Waals surface area contributed by atoms with Gasteiger partial charge in [0.25, 0.3) is 0 Å². The van der Waals surface area contributed by atoms with E-state index in [0.717, 1.165) is 16.7 Å². The van der Waals surface area contributed by atoms with Gasteiger partial charge in [0.05, 0.1) is 48.8 Å². The molecule has 1 atom stereocenters. The van der Waals surface area contributed by atoms with Crippen LogP contribution in [0.3, 0.4) is 0 Å². The Hall–Kier alpha value is -4.21. The van der Waals surface area contributed by atoms with Crippen LogP contribution in [0.2, 0.25) is 0 Å². The van der Waals surface area contributed by atoms with E-state index in [4.69, 9.17) is 5.10 Å². The fraction of sp³-hybridized carbons (Fsp3) is 0.261. The zero-order valence-electron chi connectivity index (χ0n) is 18.3. The number of carboxylic acids is 1. The molecular formula is C23H21N7O3. The first kappa shape index (κ1) is 20.7. The lowest BCUT2D eigenvalue weighted by atomic mass is 9.84. The van der Waals surface area contributed by atoms with Gasteiger partial charge >= 0.3 is 5.97 Å². The van der Waals surface area contributed by atoms with E-state index in [0.29, 0.717) is 23.6 Å². The number of rotatable bonds is 3. The van der Waals surface area contributed by atoms with E-state index in [1.165, 1.54) is 12.3 Å². The third-order valence-electron chi connectivity index (χ3n) is 5.92. The topological polar surface area (TPSA) is 129 Å². The second-order valence-corrected chi connectivity index (χ2v) is 9.05. The number of carbonyl (C=O) groups is 1. The Morgan fingerprint density at radius 2 is 1.73 bits per heavy atom. The molecule has 10 heteroatoms. The van der Waals surface area contributed by atoms with Crippen LogP contribution in [0.15, 0.2) is 54.0 Å². The quantitative estimate of drug-likeness (QED) is 0.512. The highest BCUT2D eigenvalue weighted by atomic mass is 16.4. The number of hydrogen-bond acceptors (Lipinski definition) is 7. The van der Waals surface area contributed by atoms with Gasteiger partial charge in [-0.2, -0.15) is 25.5 Å². The molecule has 4 aromatic rings. The molecule has 0 unspecified atom stereocenters. The van der Waals surface area contributed by atoms with Crippen molar-refractivity contribution in [3.05, 3.63) is 65.0 Å². The second-order valence-electron chi connectivity index (χ2n) is 9.05. The Bertz CT molecular complexity index is 1420. The molecule has 0 aliphatic carbocycles. The summed E-state index contributed by atoms with van der Waals surface area (Å²) in [6, 6.07) is 4.90. The number of aromatic nitrogens is 7. The van der Waals surface area contributed by atoms with Crippen LogP contribution in [0.25, 0.3) is 33.8 Å². The van der Waals surface area contributed by atoms with Gasteiger partial charge in [0, 0.05) is 29.0 Å². The maximum atomic E-state index is 12.8. The molecule has 0 saturated heterocycles. The van der Waals surface area contributed by atoms with E-state index < -0.39 is 11.4 Å². The SMILES string of the molecule is CC(C)(C)[C@@H]1Cn2nc(-c3ccnnc3)c(-c3ccnnc3)c2-c2cc(=O)c(C(=O)O)cn21. The summed E-state index contributed by atoms with van der Waals surface area (Å²) >= 11 is 0. The molecular weight excluding hydrogens is 422 g/mol. The summed E-state index contributed by atoms with van der Waals surface area (Å²) < 4.78 is 3.78. The van der Waals surface area contributed by atoms with Crippen molar-refractivity contribution in [3.63, 3.8) is 0 Å². The Morgan fingerprint density at radius 1 is 1.06 bits per heavy atom. The van der Waals surface area contributed by atoms with Crippen molar-refractivity contribution in [3.8, 4) is 33.8 Å². The molecule has 4 aromatic heterocycles. The minimum atomic E-state index is -1.25. The molecule has 0 fully saturated rings. The van der Waals surface area contributed by atoms with Gasteiger partial charge in [0.1, 0.15) is 11.3 Å². The molecule has 10 nitrogen and oxygen atoms in total. The van der Waals surface area contributed by atoms with Gasteiger partial charge in [-0.15, -0.1) is 0 Å². The first-order valence-electron chi connectivity index (χ1n) is 10.4. The van der Waals surface area contributed by atoms with Crippen molar-refractivity contribution >= 4 is 5.97 Å². The molecule has 0 amide bonds. The van der Waals surface area contributed by atoms with Crippen molar-refractivity contribution in [1.82, 2.24) is 34.7 Å². The van der Waals surface area contributed by atoms with Gasteiger partial charge in [-0.3, -0.25) is 9.48 Å². The summed E-state index contributed by atoms with van der Waals surface area (Å²) in [5, 5.41) is 30.3. The molecule has 1 N–H and O–H groups in total. The molecule has 0 spiro atoms. The minimum absolute atomic E-state index is 0.134. The molecule has 1 aliphatic rings. The standard InChI is InChI=1S/C23H21N7O3/c1-23(2,3)18-12-30-21(16-8-17(31)15(22(32)33)11-29(16)18)19(13-4-6-24-26-9-13)20(28-30)14-5-7-25-27-10-14/h4-11,18H,12H2,1-3H3,(H,32,33)/t18-/m0/s1. The average molecular weight is 443 g/mol. The maximum Gasteiger partial charge on any atom is 0.341 e. The fourth-order valence-electron chi connectivity index (χ4n) is 4.30. The van der Waals surface area contributed by atoms with Crippen LogP contribution in [0, 0.1) is 5.41 Å². The van der Waals surface area contributed by atoms with E-state index in [2.05, 4.69) is 41.2 Å². The van der Waals surface area contributed by atoms with E-state index in [1.54, 1.807) is 24.8 Å². The van der Waals surface area contributed by atoms with Crippen molar-refractivity contribution in [2.45, 2.75) is 33.4 Å². The van der Waals surface area contributed by atoms with Gasteiger partial charge in [0.15, 0.2) is 5.43 Å². The Labute approximate surface area is 188 Å². The number of fused-ring (bicyclic) bond motifs is 3. The van der Waals surface area contributed by atoms with Crippen molar-refractivity contribution < 1.29 is 9.90 Å². The van der Waals surface area contributed by atoms with Crippen LogP contribution in [-0.4, -0.2) is 45.8 Å². The number of pyridine rings is 1. The van der Waals surface area contributed by atoms with Crippen molar-refractivity contribution in [2.75, 3.05) is 0 Å². The predicted molar refractivity (Wildman–Crippen MR) is 119 cm³/mol. The van der Waals surface area contributed by atoms with Crippen LogP contribution in [0.1, 0.15) is 37.2 Å². The van der Waals surface area contributed by atoms with Crippen molar-refractivity contribution in [1.29, 1.82) is 0 Å². The lowest BCUT2D eigenvalue weighted by Gasteiger charge is -2.38. The molecule has 0 radical (unpaired) electrons. The third kappa shape index (κ3) is 3.39. The lowest BCUT2D eigenvalue weighted by Crippen LogP contribution is -2.35. The number of carboxylic acid groups (broad SMARTS) is 1. The normalized spacial score (nSPS) is 15.1. The van der Waals surface area contributed by atoms with Crippen molar-refractivity contribution in [2.24, 2.45) is 5.41 Å². The van der Waals surface area contributed by atoms with Crippen LogP contribution < -0.4 is 5.43 Å². The summed E-state index contributed by atoms with van der Waals surface area (Å²) in [6.07, 6.45) is 7.91. The number of aromatic carboxylic acids is 1. The van der Waals surface area contributed by atoms with Crippen LogP contribution in [0.4, 0.5) is 0 Å². The summed E-state index contributed by atoms with van der Waals surface area (Å²) in [7, 11) is 0. The zero-order valence-corrected chi connectivity index (χ0v) is 18.3. The van der Waals surface area contributed by atoms with Gasteiger partial charge in [-0.25, -0.2) is 4.79 Å². The molecule has 166 valence electrons. The second kappa shape index (κ2) is 7.44. The number of hydrogen-bond donors (Lipinski definition) is 1. The largest absolute Gasteiger partial charge is 0.477 e. The monoisotopic (exact) mass is 443 g/mol. The van der Waals surface area contributed by atoms with Gasteiger partial charge in [-0.05, 0) is 17.5 Å². The molecule has 0 aromatic carbocycles. The maximum absolute atomic E-state index is 12.8. The predicted octanol–water partition coefficient (Wildman–Crippen LogP) is 2.92. The minimum Gasteiger partial charge on any atom is -0.477 e. The van der Waals surface area contributed by atoms with E-state index in [-0.39, 0.29) is 17.0 Å². The smallest absolute Gasteiger partial charge is 0.341 e. The van der Waals surface area contributed by atoms with Gasteiger partial charge in [-0.1, -0.05) is 20.8 Å². The van der Waals surface area contributed by atoms with Crippen LogP contribution >= 0.6 is 0 Å². The highest BCUT2D eigenvalue weighted by Crippen LogP contribution is 2.45. The van der Waals surface area contributed by atoms with Crippen LogP contribution in [0.5, 0.6) is 0 Å². The molecule has 33 heavy (non-hydrogen) atoms. The lowest BCUT2D eigenvalue weighted by molar-refractivity contribution is 0.0693. The Balaban J connectivity index is 1.88. The summed E-state index contributed by atoms with van der Waals surface area (Å²) in [4.78, 5) is 24.5. The Kier molecular flexibility index (Phi) is 4.66. The third-order valence-corrected chi connectivity index (χ3v) is 5.92. The highest BCUT2D eigenvalue weighted by molar-refractivity contribution is 5.92. The molecule has 5 heterocycles. The summed E-state index contributed by atoms with van der Waals surface area (Å²) in [6.45, 7) is 6.74. The molecule has 5 rings (SSSR count). The summed E-state index contributed by atoms with van der Waals surface area (Å²) in [5.74, 6) is -1.25. The molecule has 1 aliphatic heterocycles. The van der Waals surface area contributed by atoms with Gasteiger partial charge in [0.2, 0.25) is 0 Å². The fourth-order valence-corrected chi connectivity index (χ4v) is 4.30. The van der Waals surface area contributed by atoms with Crippen LogP contribution in [-0.2, 0) is 6.54 Å². The van der Waals surface area contributed by atoms with E-state index >= 15 is 0 Å². The molecule has 0 saturated carbocycles. The summed E-state index contributed by atoms with van der Waals surface area (Å²) in [5.41, 5.74) is 3.24. The highest BCUT2D eigenvalue weighted by Gasteiger charge is 2.37. The first-order chi connectivity index (χ1) is 15.8. The van der Waals surface area contributed by atoms with Gasteiger partial charge < -0.3 is 9.67 Å². The zero-order chi connectivity index (χ0) is 23.3. The molecule has 0 bridgehead atoms. The van der Waals surface area contributed by atoms with E-state index in [9.17, 15) is 14.7 Å². The first-order valence-corrected chi connectivity index (χ1v) is 10.4. The van der Waals surface area contributed by atoms with E-state index in [1.807, 2.05) is 21.4 Å². The number of nitrogens with zero attached hydrogens (tertiary/aromatic N) is 7. The Morgan fingerprint density at radius 3 is 2.30 bits per heavy atom. The average Bonchev–Trinajstić information content (AvgIpc) is 3.18.